The Hall–Kier alpha value is -3.75. The number of anilines is 3. The largest absolute Gasteiger partial charge is 0.493 e. The lowest BCUT2D eigenvalue weighted by Crippen LogP contribution is -2.12. The van der Waals surface area contributed by atoms with Crippen molar-refractivity contribution in [3.63, 3.8) is 0 Å². The number of rotatable bonds is 7. The number of hydrogen-bond donors (Lipinski definition) is 2. The monoisotopic (exact) mass is 383 g/mol. The average molecular weight is 383 g/mol. The summed E-state index contributed by atoms with van der Waals surface area (Å²) in [7, 11) is 0. The summed E-state index contributed by atoms with van der Waals surface area (Å²) in [6.07, 6.45) is 0. The second-order valence-electron chi connectivity index (χ2n) is 5.57. The molecule has 1 heterocycles. The molecule has 0 bridgehead atoms. The van der Waals surface area contributed by atoms with Crippen LogP contribution in [-0.2, 0) is 11.3 Å². The fraction of sp³-hybridized carbons (Fsp3) is 0.158. The molecule has 0 fully saturated rings. The van der Waals surface area contributed by atoms with E-state index in [0.29, 0.717) is 23.6 Å². The molecule has 0 unspecified atom stereocenters. The number of nitrogens with two attached hydrogens (primary N) is 1. The molecule has 0 spiro atoms. The van der Waals surface area contributed by atoms with Crippen LogP contribution in [0.1, 0.15) is 23.1 Å². The molecule has 0 radical (unpaired) electrons. The van der Waals surface area contributed by atoms with E-state index in [2.05, 4.69) is 20.3 Å². The van der Waals surface area contributed by atoms with Crippen LogP contribution in [0.5, 0.6) is 5.75 Å². The maximum Gasteiger partial charge on any atom is 0.342 e. The zero-order valence-electron chi connectivity index (χ0n) is 15.1. The van der Waals surface area contributed by atoms with Crippen molar-refractivity contribution in [2.75, 3.05) is 17.7 Å². The molecule has 0 saturated carbocycles. The predicted octanol–water partition coefficient (Wildman–Crippen LogP) is 3.09. The van der Waals surface area contributed by atoms with Crippen LogP contribution in [0.15, 0.2) is 48.5 Å². The predicted molar refractivity (Wildman–Crippen MR) is 101 cm³/mol. The number of carbonyl (C=O) groups excluding carboxylic acids is 1. The number of nitrogens with one attached hydrogen (secondary N) is 1. The lowest BCUT2D eigenvalue weighted by Gasteiger charge is -2.10. The van der Waals surface area contributed by atoms with Crippen molar-refractivity contribution >= 4 is 23.6 Å². The smallest absolute Gasteiger partial charge is 0.342 e. The second kappa shape index (κ2) is 8.76. The zero-order chi connectivity index (χ0) is 19.9. The van der Waals surface area contributed by atoms with Crippen LogP contribution in [0, 0.1) is 5.82 Å². The molecule has 0 atom stereocenters. The van der Waals surface area contributed by atoms with Gasteiger partial charge in [-0.15, -0.1) is 0 Å². The van der Waals surface area contributed by atoms with Crippen LogP contribution in [-0.4, -0.2) is 27.5 Å². The summed E-state index contributed by atoms with van der Waals surface area (Å²) in [6, 6.07) is 12.4. The van der Waals surface area contributed by atoms with E-state index in [-0.39, 0.29) is 30.1 Å². The van der Waals surface area contributed by atoms with Gasteiger partial charge in [-0.2, -0.15) is 15.0 Å². The maximum atomic E-state index is 13.0. The molecule has 9 heteroatoms. The molecule has 0 aliphatic carbocycles. The van der Waals surface area contributed by atoms with Crippen molar-refractivity contribution in [2.45, 2.75) is 13.5 Å². The van der Waals surface area contributed by atoms with Crippen molar-refractivity contribution in [1.82, 2.24) is 15.0 Å². The topological polar surface area (TPSA) is 112 Å². The van der Waals surface area contributed by atoms with Crippen molar-refractivity contribution in [3.05, 3.63) is 65.7 Å². The molecule has 144 valence electrons. The fourth-order valence-electron chi connectivity index (χ4n) is 2.35. The zero-order valence-corrected chi connectivity index (χ0v) is 15.1. The van der Waals surface area contributed by atoms with Gasteiger partial charge in [0.05, 0.1) is 6.61 Å². The number of esters is 1. The van der Waals surface area contributed by atoms with Gasteiger partial charge >= 0.3 is 5.97 Å². The number of nitrogen functional groups attached to an aromatic ring is 1. The van der Waals surface area contributed by atoms with Crippen molar-refractivity contribution in [2.24, 2.45) is 0 Å². The van der Waals surface area contributed by atoms with Gasteiger partial charge in [-0.05, 0) is 43.3 Å². The van der Waals surface area contributed by atoms with E-state index < -0.39 is 5.97 Å². The van der Waals surface area contributed by atoms with Gasteiger partial charge in [0.1, 0.15) is 17.1 Å². The van der Waals surface area contributed by atoms with E-state index in [1.165, 1.54) is 24.3 Å². The summed E-state index contributed by atoms with van der Waals surface area (Å²) < 4.78 is 23.7. The quantitative estimate of drug-likeness (QED) is 0.599. The van der Waals surface area contributed by atoms with E-state index >= 15 is 0 Å². The normalized spacial score (nSPS) is 10.4. The highest BCUT2D eigenvalue weighted by atomic mass is 19.1. The molecular formula is C19H18FN5O3. The van der Waals surface area contributed by atoms with Crippen molar-refractivity contribution in [3.8, 4) is 5.75 Å². The highest BCUT2D eigenvalue weighted by molar-refractivity contribution is 5.92. The molecule has 3 rings (SSSR count). The van der Waals surface area contributed by atoms with Gasteiger partial charge in [-0.25, -0.2) is 9.18 Å². The third-order valence-corrected chi connectivity index (χ3v) is 3.54. The molecule has 3 N–H and O–H groups in total. The van der Waals surface area contributed by atoms with Gasteiger partial charge in [0.2, 0.25) is 11.9 Å². The molecule has 1 aromatic heterocycles. The van der Waals surface area contributed by atoms with Gasteiger partial charge in [0.15, 0.2) is 12.4 Å². The summed E-state index contributed by atoms with van der Waals surface area (Å²) >= 11 is 0. The second-order valence-corrected chi connectivity index (χ2v) is 5.57. The van der Waals surface area contributed by atoms with Gasteiger partial charge < -0.3 is 20.5 Å². The van der Waals surface area contributed by atoms with Crippen LogP contribution < -0.4 is 15.8 Å². The van der Waals surface area contributed by atoms with Crippen LogP contribution in [0.4, 0.5) is 22.0 Å². The summed E-state index contributed by atoms with van der Waals surface area (Å²) in [5, 5.41) is 2.89. The van der Waals surface area contributed by atoms with Crippen LogP contribution in [0.25, 0.3) is 0 Å². The minimum Gasteiger partial charge on any atom is -0.493 e. The minimum atomic E-state index is -0.573. The Kier molecular flexibility index (Phi) is 5.95. The first kappa shape index (κ1) is 19.0. The van der Waals surface area contributed by atoms with Crippen molar-refractivity contribution < 1.29 is 18.7 Å². The standard InChI is InChI=1S/C19H18FN5O3/c1-2-27-15-6-4-3-5-14(15)17(26)28-11-16-23-18(21)25-19(24-16)22-13-9-7-12(20)8-10-13/h3-10H,2,11H2,1H3,(H3,21,22,23,24,25). The van der Waals surface area contributed by atoms with Crippen LogP contribution in [0.2, 0.25) is 0 Å². The van der Waals surface area contributed by atoms with Crippen LogP contribution in [0.3, 0.4) is 0 Å². The Morgan fingerprint density at radius 3 is 2.61 bits per heavy atom. The summed E-state index contributed by atoms with van der Waals surface area (Å²) in [5.41, 5.74) is 6.57. The number of halogens is 1. The highest BCUT2D eigenvalue weighted by Gasteiger charge is 2.15. The number of para-hydroxylation sites is 1. The number of ether oxygens (including phenoxy) is 2. The van der Waals surface area contributed by atoms with E-state index in [4.69, 9.17) is 15.2 Å². The molecule has 0 aliphatic rings. The molecule has 0 amide bonds. The van der Waals surface area contributed by atoms with Gasteiger partial charge in [0.25, 0.3) is 0 Å². The van der Waals surface area contributed by atoms with Crippen LogP contribution >= 0.6 is 0 Å². The van der Waals surface area contributed by atoms with E-state index in [1.807, 2.05) is 6.92 Å². The molecule has 8 nitrogen and oxygen atoms in total. The summed E-state index contributed by atoms with van der Waals surface area (Å²) in [4.78, 5) is 24.4. The first-order valence-corrected chi connectivity index (χ1v) is 8.47. The highest BCUT2D eigenvalue weighted by Crippen LogP contribution is 2.20. The Balaban J connectivity index is 1.70. The molecule has 2 aromatic carbocycles. The number of nitrogens with zero attached hydrogens (tertiary/aromatic N) is 3. The summed E-state index contributed by atoms with van der Waals surface area (Å²) in [5.74, 6) is -0.222. The Labute approximate surface area is 160 Å². The van der Waals surface area contributed by atoms with Gasteiger partial charge in [-0.3, -0.25) is 0 Å². The molecule has 3 aromatic rings. The van der Waals surface area contributed by atoms with Gasteiger partial charge in [0, 0.05) is 5.69 Å². The number of hydrogen-bond acceptors (Lipinski definition) is 8. The molecule has 28 heavy (non-hydrogen) atoms. The Morgan fingerprint density at radius 1 is 1.11 bits per heavy atom. The molecule has 0 saturated heterocycles. The number of aromatic nitrogens is 3. The first-order chi connectivity index (χ1) is 13.5. The SMILES string of the molecule is CCOc1ccccc1C(=O)OCc1nc(N)nc(Nc2ccc(F)cc2)n1. The third kappa shape index (κ3) is 4.91. The summed E-state index contributed by atoms with van der Waals surface area (Å²) in [6.45, 7) is 2.04. The fourth-order valence-corrected chi connectivity index (χ4v) is 2.35. The molecular weight excluding hydrogens is 365 g/mol. The number of benzene rings is 2. The lowest BCUT2D eigenvalue weighted by atomic mass is 10.2. The maximum absolute atomic E-state index is 13.0. The van der Waals surface area contributed by atoms with E-state index in [9.17, 15) is 9.18 Å². The molecule has 0 aliphatic heterocycles. The lowest BCUT2D eigenvalue weighted by molar-refractivity contribution is 0.0458. The Morgan fingerprint density at radius 2 is 1.86 bits per heavy atom. The first-order valence-electron chi connectivity index (χ1n) is 8.47. The van der Waals surface area contributed by atoms with Crippen molar-refractivity contribution in [1.29, 1.82) is 0 Å². The average Bonchev–Trinajstić information content (AvgIpc) is 2.68. The third-order valence-electron chi connectivity index (χ3n) is 3.54. The number of carbonyl (C=O) groups is 1. The van der Waals surface area contributed by atoms with E-state index in [0.717, 1.165) is 0 Å². The minimum absolute atomic E-state index is 0.0413. The Bertz CT molecular complexity index is 966. The van der Waals surface area contributed by atoms with E-state index in [1.54, 1.807) is 24.3 Å². The van der Waals surface area contributed by atoms with Gasteiger partial charge in [-0.1, -0.05) is 12.1 Å².